The van der Waals surface area contributed by atoms with Crippen molar-refractivity contribution in [2.24, 2.45) is 5.92 Å². The molecule has 8 heteroatoms. The number of fused-ring (bicyclic) bond motifs is 1. The maximum absolute atomic E-state index is 6.37. The van der Waals surface area contributed by atoms with Gasteiger partial charge in [-0.2, -0.15) is 0 Å². The second kappa shape index (κ2) is 10.4. The summed E-state index contributed by atoms with van der Waals surface area (Å²) in [5, 5.41) is 7.73. The fraction of sp³-hybridized carbons (Fsp3) is 0.500. The molecule has 34 heavy (non-hydrogen) atoms. The van der Waals surface area contributed by atoms with Crippen LogP contribution < -0.4 is 20.1 Å². The molecule has 0 atom stereocenters. The smallest absolute Gasteiger partial charge is 0.141 e. The summed E-state index contributed by atoms with van der Waals surface area (Å²) in [6, 6.07) is 8.42. The highest BCUT2D eigenvalue weighted by Gasteiger charge is 2.24. The Hall–Kier alpha value is -2.48. The molecule has 1 saturated heterocycles. The van der Waals surface area contributed by atoms with E-state index in [1.54, 1.807) is 20.3 Å². The van der Waals surface area contributed by atoms with Gasteiger partial charge in [-0.1, -0.05) is 11.6 Å². The molecule has 0 radical (unpaired) electrons. The van der Waals surface area contributed by atoms with Gasteiger partial charge in [-0.3, -0.25) is 0 Å². The lowest BCUT2D eigenvalue weighted by Gasteiger charge is -2.35. The van der Waals surface area contributed by atoms with Gasteiger partial charge in [-0.15, -0.1) is 0 Å². The van der Waals surface area contributed by atoms with Gasteiger partial charge in [0.15, 0.2) is 0 Å². The van der Waals surface area contributed by atoms with Crippen LogP contribution >= 0.6 is 11.6 Å². The highest BCUT2D eigenvalue weighted by Crippen LogP contribution is 2.38. The molecular weight excluding hydrogens is 450 g/mol. The molecule has 1 saturated carbocycles. The number of imidazole rings is 1. The van der Waals surface area contributed by atoms with Crippen molar-refractivity contribution in [3.63, 3.8) is 0 Å². The first kappa shape index (κ1) is 23.3. The van der Waals surface area contributed by atoms with E-state index in [9.17, 15) is 0 Å². The van der Waals surface area contributed by atoms with Gasteiger partial charge < -0.3 is 29.4 Å². The molecule has 2 N–H and O–H groups in total. The van der Waals surface area contributed by atoms with Crippen molar-refractivity contribution in [2.75, 3.05) is 52.3 Å². The maximum Gasteiger partial charge on any atom is 0.141 e. The summed E-state index contributed by atoms with van der Waals surface area (Å²) < 4.78 is 12.9. The average molecular weight is 484 g/mol. The summed E-state index contributed by atoms with van der Waals surface area (Å²) in [5.74, 6) is 2.10. The van der Waals surface area contributed by atoms with E-state index in [4.69, 9.17) is 26.1 Å². The Kier molecular flexibility index (Phi) is 7.13. The van der Waals surface area contributed by atoms with E-state index in [-0.39, 0.29) is 0 Å². The first-order valence-corrected chi connectivity index (χ1v) is 12.6. The number of hydrogen-bond acceptors (Lipinski definition) is 6. The van der Waals surface area contributed by atoms with Crippen LogP contribution in [-0.4, -0.2) is 67.3 Å². The van der Waals surface area contributed by atoms with Gasteiger partial charge >= 0.3 is 0 Å². The minimum atomic E-state index is 0.525. The molecule has 2 fully saturated rings. The molecular formula is C26H34ClN5O2. The Morgan fingerprint density at radius 2 is 1.82 bits per heavy atom. The zero-order valence-corrected chi connectivity index (χ0v) is 20.8. The van der Waals surface area contributed by atoms with Crippen molar-refractivity contribution < 1.29 is 9.47 Å². The molecule has 0 spiro atoms. The van der Waals surface area contributed by atoms with Crippen LogP contribution in [0.1, 0.15) is 25.7 Å². The second-order valence-electron chi connectivity index (χ2n) is 9.41. The van der Waals surface area contributed by atoms with Gasteiger partial charge in [-0.25, -0.2) is 4.98 Å². The molecule has 3 aromatic rings. The van der Waals surface area contributed by atoms with Crippen molar-refractivity contribution in [1.82, 2.24) is 19.6 Å². The Morgan fingerprint density at radius 1 is 1.06 bits per heavy atom. The Bertz CT molecular complexity index is 1120. The zero-order valence-electron chi connectivity index (χ0n) is 20.0. The standard InChI is InChI=1S/C26H34ClN5O2/c1-33-24-15-25(34-2)22(27)14-21(24)23-17-32-10-7-20(13-26(32)30-23)29-19-5-3-18(4-6-19)16-31-11-8-28-9-12-31/h7,10,13-15,17-19,28-29H,3-6,8-9,11-12,16H2,1-2H3/t18-,19-. The van der Waals surface area contributed by atoms with Crippen LogP contribution in [0.2, 0.25) is 5.02 Å². The molecule has 2 aliphatic rings. The fourth-order valence-electron chi connectivity index (χ4n) is 5.25. The largest absolute Gasteiger partial charge is 0.496 e. The predicted molar refractivity (Wildman–Crippen MR) is 137 cm³/mol. The minimum absolute atomic E-state index is 0.525. The number of benzene rings is 1. The van der Waals surface area contributed by atoms with Gasteiger partial charge in [0, 0.05) is 74.5 Å². The zero-order chi connectivity index (χ0) is 23.5. The summed E-state index contributed by atoms with van der Waals surface area (Å²) in [4.78, 5) is 7.48. The number of rotatable bonds is 7. The molecule has 7 nitrogen and oxygen atoms in total. The SMILES string of the molecule is COc1cc(OC)c(-c2cn3ccc(N[C@H]4CC[C@H](CN5CCNCC5)CC4)cc3n2)cc1Cl. The van der Waals surface area contributed by atoms with Crippen LogP contribution in [0.4, 0.5) is 5.69 Å². The van der Waals surface area contributed by atoms with Gasteiger partial charge in [0.05, 0.1) is 24.9 Å². The van der Waals surface area contributed by atoms with E-state index in [0.717, 1.165) is 41.6 Å². The van der Waals surface area contributed by atoms with E-state index in [2.05, 4.69) is 33.9 Å². The first-order valence-electron chi connectivity index (χ1n) is 12.2. The van der Waals surface area contributed by atoms with Crippen LogP contribution in [0.25, 0.3) is 16.9 Å². The molecule has 2 aromatic heterocycles. The number of methoxy groups -OCH3 is 2. The average Bonchev–Trinajstić information content (AvgIpc) is 3.29. The minimum Gasteiger partial charge on any atom is -0.496 e. The third kappa shape index (κ3) is 5.11. The molecule has 3 heterocycles. The summed E-state index contributed by atoms with van der Waals surface area (Å²) in [6.07, 6.45) is 9.11. The van der Waals surface area contributed by atoms with Crippen LogP contribution in [0.15, 0.2) is 36.7 Å². The number of hydrogen-bond donors (Lipinski definition) is 2. The monoisotopic (exact) mass is 483 g/mol. The summed E-state index contributed by atoms with van der Waals surface area (Å²) in [7, 11) is 3.24. The highest BCUT2D eigenvalue weighted by molar-refractivity contribution is 6.32. The third-order valence-electron chi connectivity index (χ3n) is 7.15. The van der Waals surface area contributed by atoms with Crippen molar-refractivity contribution in [1.29, 1.82) is 0 Å². The van der Waals surface area contributed by atoms with Gasteiger partial charge in [0.2, 0.25) is 0 Å². The molecule has 1 aliphatic heterocycles. The van der Waals surface area contributed by atoms with Gasteiger partial charge in [-0.05, 0) is 43.7 Å². The Morgan fingerprint density at radius 3 is 2.56 bits per heavy atom. The molecule has 0 unspecified atom stereocenters. The van der Waals surface area contributed by atoms with Crippen molar-refractivity contribution >= 4 is 22.9 Å². The van der Waals surface area contributed by atoms with Crippen LogP contribution in [0.3, 0.4) is 0 Å². The maximum atomic E-state index is 6.37. The number of ether oxygens (including phenoxy) is 2. The number of piperazine rings is 1. The number of aromatic nitrogens is 2. The molecule has 1 aliphatic carbocycles. The van der Waals surface area contributed by atoms with E-state index in [0.29, 0.717) is 22.6 Å². The lowest BCUT2D eigenvalue weighted by Crippen LogP contribution is -2.45. The number of pyridine rings is 1. The number of anilines is 1. The highest BCUT2D eigenvalue weighted by atomic mass is 35.5. The topological polar surface area (TPSA) is 63.1 Å². The van der Waals surface area contributed by atoms with E-state index < -0.39 is 0 Å². The quantitative estimate of drug-likeness (QED) is 0.514. The predicted octanol–water partition coefficient (Wildman–Crippen LogP) is 4.55. The van der Waals surface area contributed by atoms with Crippen molar-refractivity contribution in [3.8, 4) is 22.8 Å². The van der Waals surface area contributed by atoms with Gasteiger partial charge in [0.25, 0.3) is 0 Å². The summed E-state index contributed by atoms with van der Waals surface area (Å²) in [6.45, 7) is 5.91. The number of halogens is 1. The third-order valence-corrected chi connectivity index (χ3v) is 7.45. The van der Waals surface area contributed by atoms with E-state index >= 15 is 0 Å². The summed E-state index contributed by atoms with van der Waals surface area (Å²) in [5.41, 5.74) is 3.66. The van der Waals surface area contributed by atoms with Crippen LogP contribution in [0, 0.1) is 5.92 Å². The number of nitrogens with one attached hydrogen (secondary N) is 2. The fourth-order valence-corrected chi connectivity index (χ4v) is 5.49. The molecule has 182 valence electrons. The second-order valence-corrected chi connectivity index (χ2v) is 9.81. The van der Waals surface area contributed by atoms with E-state index in [1.807, 2.05) is 16.7 Å². The lowest BCUT2D eigenvalue weighted by molar-refractivity contribution is 0.179. The lowest BCUT2D eigenvalue weighted by atomic mass is 9.85. The van der Waals surface area contributed by atoms with Crippen molar-refractivity contribution in [3.05, 3.63) is 41.7 Å². The molecule has 0 bridgehead atoms. The van der Waals surface area contributed by atoms with E-state index in [1.165, 1.54) is 45.3 Å². The Labute approximate surface area is 206 Å². The van der Waals surface area contributed by atoms with Crippen molar-refractivity contribution in [2.45, 2.75) is 31.7 Å². The summed E-state index contributed by atoms with van der Waals surface area (Å²) >= 11 is 6.37. The normalized spacial score (nSPS) is 21.5. The molecule has 5 rings (SSSR count). The first-order chi connectivity index (χ1) is 16.6. The Balaban J connectivity index is 1.25. The van der Waals surface area contributed by atoms with Gasteiger partial charge in [0.1, 0.15) is 17.1 Å². The molecule has 1 aromatic carbocycles. The number of nitrogens with zero attached hydrogens (tertiary/aromatic N) is 3. The molecule has 0 amide bonds. The van der Waals surface area contributed by atoms with Crippen LogP contribution in [0.5, 0.6) is 11.5 Å². The van der Waals surface area contributed by atoms with Crippen LogP contribution in [-0.2, 0) is 0 Å².